The summed E-state index contributed by atoms with van der Waals surface area (Å²) in [6.07, 6.45) is 2.06. The number of rotatable bonds is 5. The summed E-state index contributed by atoms with van der Waals surface area (Å²) in [5.74, 6) is -0.246. The fourth-order valence-corrected chi connectivity index (χ4v) is 2.75. The van der Waals surface area contributed by atoms with E-state index in [-0.39, 0.29) is 18.1 Å². The van der Waals surface area contributed by atoms with Crippen LogP contribution in [0.15, 0.2) is 54.7 Å². The molecule has 0 bridgehead atoms. The van der Waals surface area contributed by atoms with Crippen LogP contribution in [0, 0.1) is 5.82 Å². The highest BCUT2D eigenvalue weighted by atomic mass is 19.1. The van der Waals surface area contributed by atoms with Crippen LogP contribution < -0.4 is 0 Å². The summed E-state index contributed by atoms with van der Waals surface area (Å²) in [5, 5.41) is 0.772. The molecule has 1 amide bonds. The van der Waals surface area contributed by atoms with Crippen molar-refractivity contribution in [1.29, 1.82) is 0 Å². The van der Waals surface area contributed by atoms with Crippen LogP contribution in [0.1, 0.15) is 18.1 Å². The van der Waals surface area contributed by atoms with E-state index in [9.17, 15) is 9.18 Å². The first kappa shape index (κ1) is 15.3. The Labute approximate surface area is 134 Å². The van der Waals surface area contributed by atoms with E-state index in [0.717, 1.165) is 22.0 Å². The molecule has 0 aliphatic carbocycles. The number of H-pyrrole nitrogens is 1. The quantitative estimate of drug-likeness (QED) is 0.762. The van der Waals surface area contributed by atoms with Crippen LogP contribution in [0.5, 0.6) is 0 Å². The maximum absolute atomic E-state index is 13.4. The molecule has 0 aliphatic heterocycles. The van der Waals surface area contributed by atoms with Gasteiger partial charge in [-0.3, -0.25) is 4.79 Å². The minimum atomic E-state index is -0.289. The number of carbonyl (C=O) groups is 1. The number of aromatic nitrogens is 1. The molecule has 0 aliphatic rings. The number of fused-ring (bicyclic) bond motifs is 1. The van der Waals surface area contributed by atoms with Crippen LogP contribution in [-0.4, -0.2) is 22.3 Å². The number of nitrogens with one attached hydrogen (secondary N) is 1. The number of aromatic amines is 1. The molecule has 0 fully saturated rings. The fourth-order valence-electron chi connectivity index (χ4n) is 2.75. The maximum Gasteiger partial charge on any atom is 0.227 e. The van der Waals surface area contributed by atoms with E-state index in [4.69, 9.17) is 0 Å². The Kier molecular flexibility index (Phi) is 4.42. The average Bonchev–Trinajstić information content (AvgIpc) is 2.95. The molecule has 0 atom stereocenters. The van der Waals surface area contributed by atoms with Crippen molar-refractivity contribution in [3.05, 3.63) is 71.7 Å². The first-order valence-electron chi connectivity index (χ1n) is 7.74. The summed E-state index contributed by atoms with van der Waals surface area (Å²) in [4.78, 5) is 17.5. The van der Waals surface area contributed by atoms with Gasteiger partial charge in [-0.1, -0.05) is 30.3 Å². The minimum Gasteiger partial charge on any atom is -0.361 e. The van der Waals surface area contributed by atoms with Gasteiger partial charge < -0.3 is 9.88 Å². The van der Waals surface area contributed by atoms with Gasteiger partial charge in [-0.05, 0) is 36.2 Å². The lowest BCUT2D eigenvalue weighted by molar-refractivity contribution is -0.130. The van der Waals surface area contributed by atoms with Crippen molar-refractivity contribution in [3.63, 3.8) is 0 Å². The summed E-state index contributed by atoms with van der Waals surface area (Å²) in [7, 11) is 0. The number of likely N-dealkylation sites (N-methyl/N-ethyl adjacent to an activating group) is 1. The number of halogens is 1. The van der Waals surface area contributed by atoms with Gasteiger partial charge in [-0.2, -0.15) is 0 Å². The predicted molar refractivity (Wildman–Crippen MR) is 89.5 cm³/mol. The molecule has 0 saturated carbocycles. The maximum atomic E-state index is 13.4. The number of carbonyl (C=O) groups excluding carboxylic acids is 1. The summed E-state index contributed by atoms with van der Waals surface area (Å²) < 4.78 is 13.4. The Morgan fingerprint density at radius 1 is 1.17 bits per heavy atom. The molecule has 3 rings (SSSR count). The van der Waals surface area contributed by atoms with E-state index < -0.39 is 0 Å². The molecule has 3 nitrogen and oxygen atoms in total. The number of nitrogens with zero attached hydrogens (tertiary/aromatic N) is 1. The number of benzene rings is 2. The number of amides is 1. The Balaban J connectivity index is 1.77. The third-order valence-electron chi connectivity index (χ3n) is 4.02. The smallest absolute Gasteiger partial charge is 0.227 e. The Morgan fingerprint density at radius 2 is 1.96 bits per heavy atom. The van der Waals surface area contributed by atoms with E-state index in [1.807, 2.05) is 42.2 Å². The van der Waals surface area contributed by atoms with Crippen LogP contribution >= 0.6 is 0 Å². The van der Waals surface area contributed by atoms with E-state index in [1.165, 1.54) is 12.1 Å². The zero-order valence-electron chi connectivity index (χ0n) is 13.1. The van der Waals surface area contributed by atoms with E-state index in [2.05, 4.69) is 4.98 Å². The van der Waals surface area contributed by atoms with Crippen molar-refractivity contribution < 1.29 is 9.18 Å². The second-order valence-corrected chi connectivity index (χ2v) is 5.57. The molecular weight excluding hydrogens is 291 g/mol. The van der Waals surface area contributed by atoms with Gasteiger partial charge in [0.2, 0.25) is 5.91 Å². The Morgan fingerprint density at radius 3 is 2.70 bits per heavy atom. The minimum absolute atomic E-state index is 0.0431. The van der Waals surface area contributed by atoms with Gasteiger partial charge in [0, 0.05) is 30.2 Å². The van der Waals surface area contributed by atoms with Crippen LogP contribution in [0.25, 0.3) is 10.9 Å². The van der Waals surface area contributed by atoms with Gasteiger partial charge >= 0.3 is 0 Å². The second-order valence-electron chi connectivity index (χ2n) is 5.57. The highest BCUT2D eigenvalue weighted by molar-refractivity contribution is 5.89. The SMILES string of the molecule is CCN(Cc1ccccc1)C(=O)Cc1c[nH]c2ccc(F)cc12. The van der Waals surface area contributed by atoms with Crippen molar-refractivity contribution in [1.82, 2.24) is 9.88 Å². The highest BCUT2D eigenvalue weighted by Crippen LogP contribution is 2.20. The molecule has 1 N–H and O–H groups in total. The third kappa shape index (κ3) is 3.42. The van der Waals surface area contributed by atoms with Crippen molar-refractivity contribution in [3.8, 4) is 0 Å². The van der Waals surface area contributed by atoms with Crippen LogP contribution in [0.4, 0.5) is 4.39 Å². The van der Waals surface area contributed by atoms with Crippen LogP contribution in [0.2, 0.25) is 0 Å². The molecule has 1 aromatic heterocycles. The van der Waals surface area contributed by atoms with E-state index in [1.54, 1.807) is 12.3 Å². The lowest BCUT2D eigenvalue weighted by atomic mass is 10.1. The Hall–Kier alpha value is -2.62. The van der Waals surface area contributed by atoms with Crippen molar-refractivity contribution >= 4 is 16.8 Å². The zero-order valence-corrected chi connectivity index (χ0v) is 13.1. The van der Waals surface area contributed by atoms with E-state index in [0.29, 0.717) is 13.1 Å². The van der Waals surface area contributed by atoms with Crippen LogP contribution in [-0.2, 0) is 17.8 Å². The fraction of sp³-hybridized carbons (Fsp3) is 0.211. The topological polar surface area (TPSA) is 36.1 Å². The molecule has 0 radical (unpaired) electrons. The van der Waals surface area contributed by atoms with Gasteiger partial charge in [0.25, 0.3) is 0 Å². The predicted octanol–water partition coefficient (Wildman–Crippen LogP) is 3.90. The molecular formula is C19H19FN2O. The lowest BCUT2D eigenvalue weighted by Crippen LogP contribution is -2.31. The molecule has 1 heterocycles. The first-order valence-corrected chi connectivity index (χ1v) is 7.74. The molecule has 118 valence electrons. The van der Waals surface area contributed by atoms with Gasteiger partial charge in [0.15, 0.2) is 0 Å². The van der Waals surface area contributed by atoms with Crippen LogP contribution in [0.3, 0.4) is 0 Å². The summed E-state index contributed by atoms with van der Waals surface area (Å²) in [6.45, 7) is 3.20. The number of hydrogen-bond acceptors (Lipinski definition) is 1. The number of hydrogen-bond donors (Lipinski definition) is 1. The molecule has 2 aromatic carbocycles. The van der Waals surface area contributed by atoms with E-state index >= 15 is 0 Å². The second kappa shape index (κ2) is 6.65. The van der Waals surface area contributed by atoms with Gasteiger partial charge in [0.1, 0.15) is 5.82 Å². The first-order chi connectivity index (χ1) is 11.2. The molecule has 23 heavy (non-hydrogen) atoms. The zero-order chi connectivity index (χ0) is 16.2. The molecule has 3 aromatic rings. The Bertz CT molecular complexity index is 811. The third-order valence-corrected chi connectivity index (χ3v) is 4.02. The van der Waals surface area contributed by atoms with Crippen molar-refractivity contribution in [2.75, 3.05) is 6.54 Å². The van der Waals surface area contributed by atoms with Gasteiger partial charge in [0.05, 0.1) is 6.42 Å². The van der Waals surface area contributed by atoms with Gasteiger partial charge in [-0.25, -0.2) is 4.39 Å². The molecule has 4 heteroatoms. The normalized spacial score (nSPS) is 10.9. The average molecular weight is 310 g/mol. The molecule has 0 unspecified atom stereocenters. The standard InChI is InChI=1S/C19H19FN2O/c1-2-22(13-14-6-4-3-5-7-14)19(23)10-15-12-21-18-9-8-16(20)11-17(15)18/h3-9,11-12,21H,2,10,13H2,1H3. The summed E-state index contributed by atoms with van der Waals surface area (Å²) in [6, 6.07) is 14.5. The van der Waals surface area contributed by atoms with Gasteiger partial charge in [-0.15, -0.1) is 0 Å². The molecule has 0 saturated heterocycles. The largest absolute Gasteiger partial charge is 0.361 e. The summed E-state index contributed by atoms with van der Waals surface area (Å²) >= 11 is 0. The van der Waals surface area contributed by atoms with Crippen molar-refractivity contribution in [2.45, 2.75) is 19.9 Å². The molecule has 0 spiro atoms. The lowest BCUT2D eigenvalue weighted by Gasteiger charge is -2.21. The monoisotopic (exact) mass is 310 g/mol. The summed E-state index contributed by atoms with van der Waals surface area (Å²) in [5.41, 5.74) is 2.78. The van der Waals surface area contributed by atoms with Crippen molar-refractivity contribution in [2.24, 2.45) is 0 Å². The highest BCUT2D eigenvalue weighted by Gasteiger charge is 2.15.